The third-order valence-corrected chi connectivity index (χ3v) is 7.69. The zero-order valence-electron chi connectivity index (χ0n) is 23.2. The first kappa shape index (κ1) is 28.5. The molecule has 216 valence electrons. The number of aromatic amines is 1. The van der Waals surface area contributed by atoms with Crippen molar-refractivity contribution in [1.29, 1.82) is 0 Å². The molecule has 0 aliphatic carbocycles. The minimum atomic E-state index is -1.85. The highest BCUT2D eigenvalue weighted by Gasteiger charge is 2.52. The number of carbonyl (C=O) groups is 3. The second kappa shape index (κ2) is 12.2. The summed E-state index contributed by atoms with van der Waals surface area (Å²) in [6, 6.07) is 21.2. The van der Waals surface area contributed by atoms with Crippen molar-refractivity contribution in [2.45, 2.75) is 44.7 Å². The summed E-state index contributed by atoms with van der Waals surface area (Å²) < 4.78 is 0. The molecule has 2 amide bonds. The second-order valence-corrected chi connectivity index (χ2v) is 10.4. The monoisotopic (exact) mass is 568 g/mol. The number of aromatic nitrogens is 4. The largest absolute Gasteiger partial charge is 0.508 e. The number of nitrogens with zero attached hydrogens (tertiary/aromatic N) is 4. The quantitative estimate of drug-likeness (QED) is 0.223. The zero-order chi connectivity index (χ0) is 29.7. The summed E-state index contributed by atoms with van der Waals surface area (Å²) in [4.78, 5) is 40.8. The van der Waals surface area contributed by atoms with Crippen molar-refractivity contribution in [3.63, 3.8) is 0 Å². The molecule has 0 spiro atoms. The van der Waals surface area contributed by atoms with Gasteiger partial charge in [0, 0.05) is 30.0 Å². The van der Waals surface area contributed by atoms with E-state index in [0.29, 0.717) is 25.1 Å². The van der Waals surface area contributed by atoms with Crippen molar-refractivity contribution < 1.29 is 24.6 Å². The van der Waals surface area contributed by atoms with Crippen molar-refractivity contribution in [3.8, 4) is 28.3 Å². The Morgan fingerprint density at radius 2 is 1.74 bits per heavy atom. The number of hydrogen-bond donors (Lipinski definition) is 4. The molecule has 0 radical (unpaired) electrons. The van der Waals surface area contributed by atoms with Crippen LogP contribution in [0.2, 0.25) is 0 Å². The van der Waals surface area contributed by atoms with E-state index in [1.165, 1.54) is 29.2 Å². The number of phenols is 1. The number of likely N-dealkylation sites (tertiary alicyclic amines) is 1. The fraction of sp³-hybridized carbons (Fsp3) is 0.290. The number of tetrazole rings is 1. The average Bonchev–Trinajstić information content (AvgIpc) is 3.69. The Morgan fingerprint density at radius 1 is 1.02 bits per heavy atom. The van der Waals surface area contributed by atoms with Gasteiger partial charge >= 0.3 is 5.97 Å². The van der Waals surface area contributed by atoms with Gasteiger partial charge in [0.1, 0.15) is 5.75 Å². The lowest BCUT2D eigenvalue weighted by molar-refractivity contribution is -0.154. The summed E-state index contributed by atoms with van der Waals surface area (Å²) >= 11 is 0. The smallest absolute Gasteiger partial charge is 0.350 e. The van der Waals surface area contributed by atoms with Crippen molar-refractivity contribution in [3.05, 3.63) is 83.9 Å². The van der Waals surface area contributed by atoms with Crippen molar-refractivity contribution in [2.75, 3.05) is 6.54 Å². The molecule has 1 aliphatic heterocycles. The fourth-order valence-corrected chi connectivity index (χ4v) is 5.55. The lowest BCUT2D eigenvalue weighted by Gasteiger charge is -2.36. The maximum atomic E-state index is 13.6. The molecule has 2 heterocycles. The molecule has 5 rings (SSSR count). The van der Waals surface area contributed by atoms with Crippen molar-refractivity contribution in [2.24, 2.45) is 5.92 Å². The van der Waals surface area contributed by atoms with Crippen LogP contribution in [0.3, 0.4) is 0 Å². The molecule has 3 aromatic carbocycles. The number of amides is 2. The first-order chi connectivity index (χ1) is 20.3. The summed E-state index contributed by atoms with van der Waals surface area (Å²) in [5.74, 6) is -2.20. The SMILES string of the molecule is CCCC(Cc1ccc(-c2ccccc2-c2nn[nH]n2)cc1)C(=O)NC1(C(=O)O)CCCN1C(=O)c1ccc(O)cc1. The predicted molar refractivity (Wildman–Crippen MR) is 154 cm³/mol. The van der Waals surface area contributed by atoms with E-state index >= 15 is 0 Å². The molecule has 0 saturated carbocycles. The van der Waals surface area contributed by atoms with Gasteiger partial charge in [-0.3, -0.25) is 9.59 Å². The van der Waals surface area contributed by atoms with Crippen LogP contribution < -0.4 is 5.32 Å². The number of aromatic hydroxyl groups is 1. The van der Waals surface area contributed by atoms with Crippen LogP contribution in [-0.2, 0) is 16.0 Å². The third kappa shape index (κ3) is 5.71. The molecule has 0 bridgehead atoms. The summed E-state index contributed by atoms with van der Waals surface area (Å²) in [5.41, 5.74) is 2.05. The van der Waals surface area contributed by atoms with Crippen LogP contribution in [0, 0.1) is 5.92 Å². The predicted octanol–water partition coefficient (Wildman–Crippen LogP) is 4.03. The van der Waals surface area contributed by atoms with E-state index in [1.54, 1.807) is 0 Å². The van der Waals surface area contributed by atoms with Gasteiger partial charge in [-0.25, -0.2) is 4.79 Å². The molecule has 1 aliphatic rings. The van der Waals surface area contributed by atoms with Crippen LogP contribution in [0.1, 0.15) is 48.5 Å². The van der Waals surface area contributed by atoms with E-state index in [-0.39, 0.29) is 24.3 Å². The van der Waals surface area contributed by atoms with Crippen molar-refractivity contribution >= 4 is 17.8 Å². The van der Waals surface area contributed by atoms with E-state index in [2.05, 4.69) is 25.9 Å². The number of nitrogens with one attached hydrogen (secondary N) is 2. The third-order valence-electron chi connectivity index (χ3n) is 7.69. The standard InChI is InChI=1S/C31H32N6O5/c1-2-6-23(19-20-9-11-21(12-10-20)25-7-3-4-8-26(25)27-33-35-36-34-27)28(39)32-31(30(41)42)17-5-18-37(31)29(40)22-13-15-24(38)16-14-22/h3-4,7-16,23,38H,2,5-6,17-19H2,1H3,(H,32,39)(H,41,42)(H,33,34,35,36). The maximum Gasteiger partial charge on any atom is 0.350 e. The number of carboxylic acids is 1. The van der Waals surface area contributed by atoms with E-state index in [0.717, 1.165) is 28.7 Å². The molecule has 1 saturated heterocycles. The van der Waals surface area contributed by atoms with Gasteiger partial charge in [-0.1, -0.05) is 61.9 Å². The molecule has 1 fully saturated rings. The highest BCUT2D eigenvalue weighted by atomic mass is 16.4. The first-order valence-corrected chi connectivity index (χ1v) is 13.9. The molecule has 42 heavy (non-hydrogen) atoms. The Morgan fingerprint density at radius 3 is 2.38 bits per heavy atom. The number of aliphatic carboxylic acids is 1. The van der Waals surface area contributed by atoms with Gasteiger partial charge < -0.3 is 20.4 Å². The van der Waals surface area contributed by atoms with Gasteiger partial charge in [0.2, 0.25) is 17.4 Å². The lowest BCUT2D eigenvalue weighted by Crippen LogP contribution is -2.64. The van der Waals surface area contributed by atoms with Crippen LogP contribution >= 0.6 is 0 Å². The fourth-order valence-electron chi connectivity index (χ4n) is 5.55. The number of hydrogen-bond acceptors (Lipinski definition) is 7. The van der Waals surface area contributed by atoms with Crippen LogP contribution in [0.4, 0.5) is 0 Å². The minimum Gasteiger partial charge on any atom is -0.508 e. The molecule has 2 unspecified atom stereocenters. The number of phenolic OH excluding ortho intramolecular Hbond substituents is 1. The van der Waals surface area contributed by atoms with Gasteiger partial charge in [0.05, 0.1) is 0 Å². The van der Waals surface area contributed by atoms with Gasteiger partial charge in [0.15, 0.2) is 0 Å². The molecule has 11 heteroatoms. The van der Waals surface area contributed by atoms with E-state index in [4.69, 9.17) is 0 Å². The van der Waals surface area contributed by atoms with Gasteiger partial charge in [-0.05, 0) is 65.4 Å². The molecule has 4 N–H and O–H groups in total. The van der Waals surface area contributed by atoms with E-state index in [1.807, 2.05) is 55.5 Å². The average molecular weight is 569 g/mol. The van der Waals surface area contributed by atoms with Crippen LogP contribution in [0.5, 0.6) is 5.75 Å². The summed E-state index contributed by atoms with van der Waals surface area (Å²) in [6.07, 6.45) is 2.22. The zero-order valence-corrected chi connectivity index (χ0v) is 23.2. The van der Waals surface area contributed by atoms with Gasteiger partial charge in [-0.15, -0.1) is 10.2 Å². The number of H-pyrrole nitrogens is 1. The Balaban J connectivity index is 1.34. The topological polar surface area (TPSA) is 161 Å². The first-order valence-electron chi connectivity index (χ1n) is 13.9. The molecular weight excluding hydrogens is 536 g/mol. The normalized spacial score (nSPS) is 17.1. The molecule has 2 atom stereocenters. The Labute approximate surface area is 242 Å². The number of benzene rings is 3. The molecule has 1 aromatic heterocycles. The van der Waals surface area contributed by atoms with Crippen LogP contribution in [0.15, 0.2) is 72.8 Å². The van der Waals surface area contributed by atoms with E-state index < -0.39 is 29.4 Å². The maximum absolute atomic E-state index is 13.6. The number of rotatable bonds is 10. The van der Waals surface area contributed by atoms with Gasteiger partial charge in [0.25, 0.3) is 5.91 Å². The second-order valence-electron chi connectivity index (χ2n) is 10.4. The summed E-state index contributed by atoms with van der Waals surface area (Å²) in [5, 5.41) is 37.0. The molecular formula is C31H32N6O5. The highest BCUT2D eigenvalue weighted by Crippen LogP contribution is 2.32. The molecule has 4 aromatic rings. The Bertz CT molecular complexity index is 1560. The van der Waals surface area contributed by atoms with E-state index in [9.17, 15) is 24.6 Å². The minimum absolute atomic E-state index is 0.00241. The van der Waals surface area contributed by atoms with Crippen LogP contribution in [-0.4, -0.2) is 65.7 Å². The van der Waals surface area contributed by atoms with Crippen molar-refractivity contribution in [1.82, 2.24) is 30.8 Å². The highest BCUT2D eigenvalue weighted by molar-refractivity contribution is 5.99. The Kier molecular flexibility index (Phi) is 8.28. The number of carbonyl (C=O) groups excluding carboxylic acids is 2. The van der Waals surface area contributed by atoms with Crippen LogP contribution in [0.25, 0.3) is 22.5 Å². The number of carboxylic acid groups (broad SMARTS) is 1. The lowest BCUT2D eigenvalue weighted by atomic mass is 9.91. The summed E-state index contributed by atoms with van der Waals surface area (Å²) in [6.45, 7) is 2.17. The molecule has 11 nitrogen and oxygen atoms in total. The summed E-state index contributed by atoms with van der Waals surface area (Å²) in [7, 11) is 0. The van der Waals surface area contributed by atoms with Gasteiger partial charge in [-0.2, -0.15) is 5.21 Å². The Hall–Kier alpha value is -5.06.